The van der Waals surface area contributed by atoms with E-state index in [4.69, 9.17) is 21.7 Å². The van der Waals surface area contributed by atoms with Gasteiger partial charge in [0.15, 0.2) is 5.11 Å². The second-order valence-corrected chi connectivity index (χ2v) is 5.88. The highest BCUT2D eigenvalue weighted by atomic mass is 32.1. The predicted octanol–water partition coefficient (Wildman–Crippen LogP) is 1.38. The molecule has 1 aromatic heterocycles. The lowest BCUT2D eigenvalue weighted by Gasteiger charge is -2.27. The summed E-state index contributed by atoms with van der Waals surface area (Å²) in [5, 5.41) is 6.95. The van der Waals surface area contributed by atoms with E-state index >= 15 is 0 Å². The van der Waals surface area contributed by atoms with E-state index in [0.29, 0.717) is 5.11 Å². The van der Waals surface area contributed by atoms with E-state index in [1.807, 2.05) is 18.3 Å². The molecule has 2 fully saturated rings. The number of ether oxygens (including phenoxy) is 2. The standard InChI is InChI=1S/C15H22N4O2S/c22-15(17-11-13-2-1-7-21-13)18-12-3-4-14(16-10-12)19-5-8-20-9-6-19/h3-4,10,13H,1-2,5-9,11H2,(H2,17,18,22)/t13-/m1/s1. The van der Waals surface area contributed by atoms with E-state index in [1.54, 1.807) is 0 Å². The molecule has 2 aliphatic heterocycles. The Hall–Kier alpha value is -1.44. The number of thiocarbonyl (C=S) groups is 1. The van der Waals surface area contributed by atoms with E-state index in [1.165, 1.54) is 0 Å². The van der Waals surface area contributed by atoms with E-state index < -0.39 is 0 Å². The third kappa shape index (κ3) is 4.28. The van der Waals surface area contributed by atoms with Gasteiger partial charge in [0, 0.05) is 26.2 Å². The molecule has 3 rings (SSSR count). The molecule has 0 bridgehead atoms. The first-order valence-corrected chi connectivity index (χ1v) is 8.17. The zero-order valence-electron chi connectivity index (χ0n) is 12.6. The van der Waals surface area contributed by atoms with Crippen LogP contribution in [0.15, 0.2) is 18.3 Å². The molecule has 2 aliphatic rings. The summed E-state index contributed by atoms with van der Waals surface area (Å²) in [5.74, 6) is 0.979. The zero-order valence-corrected chi connectivity index (χ0v) is 13.4. The normalized spacial score (nSPS) is 21.6. The quantitative estimate of drug-likeness (QED) is 0.812. The molecule has 3 heterocycles. The highest BCUT2D eigenvalue weighted by Crippen LogP contribution is 2.15. The van der Waals surface area contributed by atoms with Crippen molar-refractivity contribution in [2.24, 2.45) is 0 Å². The number of anilines is 2. The molecular formula is C15H22N4O2S. The predicted molar refractivity (Wildman–Crippen MR) is 90.5 cm³/mol. The Labute approximate surface area is 136 Å². The SMILES string of the molecule is S=C(NC[C@H]1CCCO1)Nc1ccc(N2CCOCC2)nc1. The van der Waals surface area contributed by atoms with Gasteiger partial charge in [-0.05, 0) is 37.2 Å². The summed E-state index contributed by atoms with van der Waals surface area (Å²) in [4.78, 5) is 6.71. The Balaban J connectivity index is 1.46. The largest absolute Gasteiger partial charge is 0.378 e. The Morgan fingerprint density at radius 1 is 1.32 bits per heavy atom. The average Bonchev–Trinajstić information content (AvgIpc) is 3.08. The van der Waals surface area contributed by atoms with Crippen molar-refractivity contribution in [3.8, 4) is 0 Å². The molecule has 0 radical (unpaired) electrons. The van der Waals surface area contributed by atoms with Gasteiger partial charge in [0.1, 0.15) is 5.82 Å². The van der Waals surface area contributed by atoms with Gasteiger partial charge in [-0.3, -0.25) is 0 Å². The molecule has 120 valence electrons. The number of aromatic nitrogens is 1. The van der Waals surface area contributed by atoms with Crippen LogP contribution < -0.4 is 15.5 Å². The van der Waals surface area contributed by atoms with Crippen LogP contribution >= 0.6 is 12.2 Å². The van der Waals surface area contributed by atoms with Crippen LogP contribution in [0.1, 0.15) is 12.8 Å². The molecule has 1 atom stereocenters. The Morgan fingerprint density at radius 3 is 2.86 bits per heavy atom. The fraction of sp³-hybridized carbons (Fsp3) is 0.600. The molecule has 6 nitrogen and oxygen atoms in total. The van der Waals surface area contributed by atoms with Crippen molar-refractivity contribution in [3.05, 3.63) is 18.3 Å². The maximum absolute atomic E-state index is 5.56. The summed E-state index contributed by atoms with van der Waals surface area (Å²) >= 11 is 5.30. The van der Waals surface area contributed by atoms with Crippen LogP contribution in [0.25, 0.3) is 0 Å². The van der Waals surface area contributed by atoms with Crippen LogP contribution in [0.5, 0.6) is 0 Å². The Morgan fingerprint density at radius 2 is 2.18 bits per heavy atom. The Bertz CT molecular complexity index is 485. The van der Waals surface area contributed by atoms with Gasteiger partial charge in [-0.2, -0.15) is 0 Å². The summed E-state index contributed by atoms with van der Waals surface area (Å²) in [6.07, 6.45) is 4.33. The van der Waals surface area contributed by atoms with E-state index in [0.717, 1.165) is 63.8 Å². The zero-order chi connectivity index (χ0) is 15.2. The first-order chi connectivity index (χ1) is 10.8. The molecule has 0 saturated carbocycles. The summed E-state index contributed by atoms with van der Waals surface area (Å²) < 4.78 is 10.9. The van der Waals surface area contributed by atoms with Crippen molar-refractivity contribution in [3.63, 3.8) is 0 Å². The van der Waals surface area contributed by atoms with Gasteiger partial charge in [-0.15, -0.1) is 0 Å². The van der Waals surface area contributed by atoms with Gasteiger partial charge < -0.3 is 25.0 Å². The molecule has 1 aromatic rings. The monoisotopic (exact) mass is 322 g/mol. The van der Waals surface area contributed by atoms with Crippen molar-refractivity contribution in [2.75, 3.05) is 49.7 Å². The van der Waals surface area contributed by atoms with Crippen LogP contribution in [0.4, 0.5) is 11.5 Å². The summed E-state index contributed by atoms with van der Waals surface area (Å²) in [6.45, 7) is 4.92. The number of hydrogen-bond acceptors (Lipinski definition) is 5. The smallest absolute Gasteiger partial charge is 0.170 e. The van der Waals surface area contributed by atoms with Gasteiger partial charge in [0.05, 0.1) is 31.2 Å². The van der Waals surface area contributed by atoms with Crippen molar-refractivity contribution in [1.82, 2.24) is 10.3 Å². The molecule has 7 heteroatoms. The summed E-state index contributed by atoms with van der Waals surface area (Å²) in [6, 6.07) is 4.01. The van der Waals surface area contributed by atoms with Gasteiger partial charge in [-0.1, -0.05) is 0 Å². The lowest BCUT2D eigenvalue weighted by molar-refractivity contribution is 0.114. The fourth-order valence-corrected chi connectivity index (χ4v) is 2.83. The van der Waals surface area contributed by atoms with E-state index in [9.17, 15) is 0 Å². The first kappa shape index (κ1) is 15.5. The van der Waals surface area contributed by atoms with Crippen LogP contribution in [-0.2, 0) is 9.47 Å². The number of nitrogens with one attached hydrogen (secondary N) is 2. The molecular weight excluding hydrogens is 300 g/mol. The second kappa shape index (κ2) is 7.71. The Kier molecular flexibility index (Phi) is 5.42. The van der Waals surface area contributed by atoms with Crippen molar-refractivity contribution in [2.45, 2.75) is 18.9 Å². The van der Waals surface area contributed by atoms with Crippen LogP contribution in [0.3, 0.4) is 0 Å². The lowest BCUT2D eigenvalue weighted by Crippen LogP contribution is -2.36. The van der Waals surface area contributed by atoms with Gasteiger partial charge in [0.2, 0.25) is 0 Å². The lowest BCUT2D eigenvalue weighted by atomic mass is 10.2. The molecule has 2 N–H and O–H groups in total. The highest BCUT2D eigenvalue weighted by molar-refractivity contribution is 7.80. The third-order valence-corrected chi connectivity index (χ3v) is 4.10. The molecule has 0 aliphatic carbocycles. The maximum atomic E-state index is 5.56. The number of hydrogen-bond donors (Lipinski definition) is 2. The van der Waals surface area contributed by atoms with E-state index in [-0.39, 0.29) is 6.10 Å². The third-order valence-electron chi connectivity index (χ3n) is 3.86. The van der Waals surface area contributed by atoms with Crippen LogP contribution in [-0.4, -0.2) is 55.7 Å². The van der Waals surface area contributed by atoms with Crippen LogP contribution in [0, 0.1) is 0 Å². The van der Waals surface area contributed by atoms with E-state index in [2.05, 4.69) is 20.5 Å². The van der Waals surface area contributed by atoms with Crippen molar-refractivity contribution < 1.29 is 9.47 Å². The average molecular weight is 322 g/mol. The molecule has 0 spiro atoms. The minimum absolute atomic E-state index is 0.279. The van der Waals surface area contributed by atoms with Gasteiger partial charge in [-0.25, -0.2) is 4.98 Å². The molecule has 0 amide bonds. The highest BCUT2D eigenvalue weighted by Gasteiger charge is 2.15. The summed E-state index contributed by atoms with van der Waals surface area (Å²) in [5.41, 5.74) is 0.891. The molecule has 2 saturated heterocycles. The van der Waals surface area contributed by atoms with Gasteiger partial charge >= 0.3 is 0 Å². The number of morpholine rings is 1. The second-order valence-electron chi connectivity index (χ2n) is 5.47. The number of rotatable bonds is 4. The minimum Gasteiger partial charge on any atom is -0.378 e. The van der Waals surface area contributed by atoms with Gasteiger partial charge in [0.25, 0.3) is 0 Å². The number of nitrogens with zero attached hydrogens (tertiary/aromatic N) is 2. The summed E-state index contributed by atoms with van der Waals surface area (Å²) in [7, 11) is 0. The molecule has 0 aromatic carbocycles. The van der Waals surface area contributed by atoms with Crippen molar-refractivity contribution in [1.29, 1.82) is 0 Å². The fourth-order valence-electron chi connectivity index (χ4n) is 2.63. The number of pyridine rings is 1. The molecule has 0 unspecified atom stereocenters. The first-order valence-electron chi connectivity index (χ1n) is 7.76. The topological polar surface area (TPSA) is 58.7 Å². The maximum Gasteiger partial charge on any atom is 0.170 e. The van der Waals surface area contributed by atoms with Crippen LogP contribution in [0.2, 0.25) is 0 Å². The van der Waals surface area contributed by atoms with Crippen molar-refractivity contribution >= 4 is 28.8 Å². The minimum atomic E-state index is 0.279. The molecule has 22 heavy (non-hydrogen) atoms.